The summed E-state index contributed by atoms with van der Waals surface area (Å²) in [7, 11) is 0. The molecular formula is C16H23Cl2NO. The van der Waals surface area contributed by atoms with E-state index >= 15 is 0 Å². The molecule has 0 spiro atoms. The van der Waals surface area contributed by atoms with E-state index in [0.29, 0.717) is 22.1 Å². The van der Waals surface area contributed by atoms with Gasteiger partial charge in [0.15, 0.2) is 0 Å². The lowest BCUT2D eigenvalue weighted by atomic mass is 9.86. The second-order valence-corrected chi connectivity index (χ2v) is 6.19. The molecule has 4 heteroatoms. The summed E-state index contributed by atoms with van der Waals surface area (Å²) < 4.78 is 5.85. The molecule has 112 valence electrons. The molecule has 1 aliphatic heterocycles. The highest BCUT2D eigenvalue weighted by molar-refractivity contribution is 6.42. The van der Waals surface area contributed by atoms with Gasteiger partial charge in [0.25, 0.3) is 0 Å². The van der Waals surface area contributed by atoms with Crippen molar-refractivity contribution in [3.8, 4) is 0 Å². The lowest BCUT2D eigenvalue weighted by molar-refractivity contribution is 0.0774. The number of hydrogen-bond acceptors (Lipinski definition) is 2. The van der Waals surface area contributed by atoms with Crippen LogP contribution in [-0.2, 0) is 4.74 Å². The maximum Gasteiger partial charge on any atom is 0.0619 e. The van der Waals surface area contributed by atoms with Crippen LogP contribution in [0.15, 0.2) is 18.2 Å². The Morgan fingerprint density at radius 1 is 1.30 bits per heavy atom. The van der Waals surface area contributed by atoms with Crippen LogP contribution in [0.4, 0.5) is 0 Å². The molecule has 0 aliphatic carbocycles. The topological polar surface area (TPSA) is 21.3 Å². The number of halogens is 2. The van der Waals surface area contributed by atoms with E-state index in [1.54, 1.807) is 0 Å². The van der Waals surface area contributed by atoms with Crippen LogP contribution in [0.5, 0.6) is 0 Å². The molecule has 0 radical (unpaired) electrons. The fourth-order valence-corrected chi connectivity index (χ4v) is 3.30. The maximum absolute atomic E-state index is 6.18. The standard InChI is InChI=1S/C16H23Cl2NO/c1-3-8-19-16(12-7-9-20-15(12)4-2)11-5-6-13(17)14(18)10-11/h5-6,10,12,15-16,19H,3-4,7-9H2,1-2H3. The van der Waals surface area contributed by atoms with Crippen LogP contribution in [0.25, 0.3) is 0 Å². The summed E-state index contributed by atoms with van der Waals surface area (Å²) in [5, 5.41) is 4.89. The number of rotatable bonds is 6. The summed E-state index contributed by atoms with van der Waals surface area (Å²) >= 11 is 12.2. The Hall–Kier alpha value is -0.280. The van der Waals surface area contributed by atoms with Crippen molar-refractivity contribution >= 4 is 23.2 Å². The van der Waals surface area contributed by atoms with Gasteiger partial charge >= 0.3 is 0 Å². The number of nitrogens with one attached hydrogen (secondary N) is 1. The largest absolute Gasteiger partial charge is 0.378 e. The van der Waals surface area contributed by atoms with Gasteiger partial charge in [-0.15, -0.1) is 0 Å². The van der Waals surface area contributed by atoms with Gasteiger partial charge in [0.2, 0.25) is 0 Å². The highest BCUT2D eigenvalue weighted by Crippen LogP contribution is 2.36. The lowest BCUT2D eigenvalue weighted by Gasteiger charge is -2.29. The van der Waals surface area contributed by atoms with Gasteiger partial charge in [-0.25, -0.2) is 0 Å². The third kappa shape index (κ3) is 3.67. The smallest absolute Gasteiger partial charge is 0.0619 e. The van der Waals surface area contributed by atoms with Gasteiger partial charge in [-0.3, -0.25) is 0 Å². The summed E-state index contributed by atoms with van der Waals surface area (Å²) in [6.07, 6.45) is 3.59. The molecule has 1 heterocycles. The lowest BCUT2D eigenvalue weighted by Crippen LogP contribution is -2.33. The van der Waals surface area contributed by atoms with Crippen LogP contribution in [0, 0.1) is 5.92 Å². The molecule has 3 atom stereocenters. The van der Waals surface area contributed by atoms with Gasteiger partial charge in [0.1, 0.15) is 0 Å². The van der Waals surface area contributed by atoms with E-state index in [9.17, 15) is 0 Å². The fourth-order valence-electron chi connectivity index (χ4n) is 2.99. The second-order valence-electron chi connectivity index (χ2n) is 5.38. The monoisotopic (exact) mass is 315 g/mol. The minimum Gasteiger partial charge on any atom is -0.378 e. The van der Waals surface area contributed by atoms with Gasteiger partial charge in [-0.2, -0.15) is 0 Å². The zero-order valence-electron chi connectivity index (χ0n) is 12.2. The minimum absolute atomic E-state index is 0.289. The van der Waals surface area contributed by atoms with E-state index in [4.69, 9.17) is 27.9 Å². The van der Waals surface area contributed by atoms with Crippen molar-refractivity contribution in [2.45, 2.75) is 45.3 Å². The predicted molar refractivity (Wildman–Crippen MR) is 85.6 cm³/mol. The molecule has 20 heavy (non-hydrogen) atoms. The molecule has 0 bridgehead atoms. The predicted octanol–water partition coefficient (Wildman–Crippen LogP) is 4.85. The van der Waals surface area contributed by atoms with Crippen molar-refractivity contribution in [1.29, 1.82) is 0 Å². The van der Waals surface area contributed by atoms with Crippen LogP contribution < -0.4 is 5.32 Å². The quantitative estimate of drug-likeness (QED) is 0.810. The summed E-state index contributed by atoms with van der Waals surface area (Å²) in [4.78, 5) is 0. The average Bonchev–Trinajstić information content (AvgIpc) is 2.91. The van der Waals surface area contributed by atoms with E-state index in [0.717, 1.165) is 32.4 Å². The molecule has 0 aromatic heterocycles. The number of hydrogen-bond donors (Lipinski definition) is 1. The van der Waals surface area contributed by atoms with E-state index < -0.39 is 0 Å². The van der Waals surface area contributed by atoms with Crippen molar-refractivity contribution < 1.29 is 4.74 Å². The third-order valence-electron chi connectivity index (χ3n) is 4.01. The van der Waals surface area contributed by atoms with Gasteiger partial charge in [0.05, 0.1) is 16.1 Å². The zero-order valence-corrected chi connectivity index (χ0v) is 13.7. The molecule has 3 unspecified atom stereocenters. The van der Waals surface area contributed by atoms with E-state index in [1.165, 1.54) is 5.56 Å². The number of benzene rings is 1. The molecule has 1 aliphatic rings. The SMILES string of the molecule is CCCNC(c1ccc(Cl)c(Cl)c1)C1CCOC1CC. The Morgan fingerprint density at radius 3 is 2.75 bits per heavy atom. The molecule has 2 rings (SSSR count). The van der Waals surface area contributed by atoms with Crippen LogP contribution in [0.3, 0.4) is 0 Å². The van der Waals surface area contributed by atoms with Gasteiger partial charge in [-0.1, -0.05) is 43.1 Å². The minimum atomic E-state index is 0.289. The molecule has 1 N–H and O–H groups in total. The Labute approximate surface area is 131 Å². The first-order chi connectivity index (χ1) is 9.67. The molecule has 2 nitrogen and oxygen atoms in total. The summed E-state index contributed by atoms with van der Waals surface area (Å²) in [6.45, 7) is 6.22. The fraction of sp³-hybridized carbons (Fsp3) is 0.625. The van der Waals surface area contributed by atoms with Gasteiger partial charge in [-0.05, 0) is 43.5 Å². The van der Waals surface area contributed by atoms with Crippen LogP contribution >= 0.6 is 23.2 Å². The molecule has 0 amide bonds. The van der Waals surface area contributed by atoms with Crippen LogP contribution in [0.1, 0.15) is 44.7 Å². The van der Waals surface area contributed by atoms with Crippen molar-refractivity contribution in [3.05, 3.63) is 33.8 Å². The maximum atomic E-state index is 6.18. The first-order valence-corrected chi connectivity index (χ1v) is 8.22. The van der Waals surface area contributed by atoms with E-state index in [1.807, 2.05) is 12.1 Å². The van der Waals surface area contributed by atoms with Crippen molar-refractivity contribution in [2.75, 3.05) is 13.2 Å². The third-order valence-corrected chi connectivity index (χ3v) is 4.75. The molecule has 1 fully saturated rings. The number of ether oxygens (including phenoxy) is 1. The van der Waals surface area contributed by atoms with Crippen LogP contribution in [-0.4, -0.2) is 19.3 Å². The highest BCUT2D eigenvalue weighted by atomic mass is 35.5. The van der Waals surface area contributed by atoms with Crippen molar-refractivity contribution in [1.82, 2.24) is 5.32 Å². The average molecular weight is 316 g/mol. The second kappa shape index (κ2) is 7.65. The first kappa shape index (κ1) is 16.1. The van der Waals surface area contributed by atoms with Crippen LogP contribution in [0.2, 0.25) is 10.0 Å². The van der Waals surface area contributed by atoms with E-state index in [2.05, 4.69) is 25.2 Å². The summed E-state index contributed by atoms with van der Waals surface area (Å²) in [5.74, 6) is 0.504. The Morgan fingerprint density at radius 2 is 2.10 bits per heavy atom. The Balaban J connectivity index is 2.23. The van der Waals surface area contributed by atoms with Crippen molar-refractivity contribution in [2.24, 2.45) is 5.92 Å². The molecule has 1 saturated heterocycles. The Bertz CT molecular complexity index is 438. The van der Waals surface area contributed by atoms with Gasteiger partial charge < -0.3 is 10.1 Å². The molecule has 0 saturated carbocycles. The molecular weight excluding hydrogens is 293 g/mol. The first-order valence-electron chi connectivity index (χ1n) is 7.47. The Kier molecular flexibility index (Phi) is 6.16. The highest BCUT2D eigenvalue weighted by Gasteiger charge is 2.34. The normalized spacial score (nSPS) is 24.0. The van der Waals surface area contributed by atoms with E-state index in [-0.39, 0.29) is 6.04 Å². The molecule has 1 aromatic carbocycles. The van der Waals surface area contributed by atoms with Crippen molar-refractivity contribution in [3.63, 3.8) is 0 Å². The summed E-state index contributed by atoms with van der Waals surface area (Å²) in [5.41, 5.74) is 1.21. The zero-order chi connectivity index (χ0) is 14.5. The molecule has 1 aromatic rings. The van der Waals surface area contributed by atoms with Gasteiger partial charge in [0, 0.05) is 18.6 Å². The summed E-state index contributed by atoms with van der Waals surface area (Å²) in [6, 6.07) is 6.24.